The minimum Gasteiger partial charge on any atom is -0.381 e. The average Bonchev–Trinajstić information content (AvgIpc) is 3.34. The van der Waals surface area contributed by atoms with Crippen molar-refractivity contribution in [3.05, 3.63) is 0 Å². The third-order valence-electron chi connectivity index (χ3n) is 13.1. The van der Waals surface area contributed by atoms with Crippen molar-refractivity contribution in [1.29, 1.82) is 0 Å². The van der Waals surface area contributed by atoms with Crippen LogP contribution in [0.15, 0.2) is 0 Å². The number of ether oxygens (including phenoxy) is 15. The van der Waals surface area contributed by atoms with Crippen molar-refractivity contribution in [3.8, 4) is 0 Å². The summed E-state index contributed by atoms with van der Waals surface area (Å²) in [7, 11) is 0. The van der Waals surface area contributed by atoms with Gasteiger partial charge in [-0.2, -0.15) is 0 Å². The second-order valence-corrected chi connectivity index (χ2v) is 27.7. The van der Waals surface area contributed by atoms with Gasteiger partial charge >= 0.3 is 0 Å². The lowest BCUT2D eigenvalue weighted by atomic mass is 9.80. The molecule has 3 fully saturated rings. The second-order valence-electron chi connectivity index (χ2n) is 27.7. The zero-order chi connectivity index (χ0) is 58.2. The van der Waals surface area contributed by atoms with Crippen LogP contribution in [0.25, 0.3) is 0 Å². The molecule has 15 heteroatoms. The predicted molar refractivity (Wildman–Crippen MR) is 309 cm³/mol. The van der Waals surface area contributed by atoms with Crippen LogP contribution in [0.3, 0.4) is 0 Å². The summed E-state index contributed by atoms with van der Waals surface area (Å²) in [5.74, 6) is 3.01. The van der Waals surface area contributed by atoms with Crippen LogP contribution < -0.4 is 0 Å². The van der Waals surface area contributed by atoms with E-state index in [2.05, 4.69) is 152 Å². The Morgan fingerprint density at radius 1 is 0.256 bits per heavy atom. The second kappa shape index (κ2) is 37.7. The van der Waals surface area contributed by atoms with Crippen LogP contribution in [-0.4, -0.2) is 178 Å². The van der Waals surface area contributed by atoms with Gasteiger partial charge in [0.2, 0.25) is 0 Å². The van der Waals surface area contributed by atoms with Crippen molar-refractivity contribution in [2.24, 2.45) is 71.0 Å². The molecule has 0 aromatic carbocycles. The molecule has 15 atom stereocenters. The van der Waals surface area contributed by atoms with E-state index in [9.17, 15) is 0 Å². The lowest BCUT2D eigenvalue weighted by molar-refractivity contribution is -0.353. The SMILES string of the molecule is CC(C)COC[C@H]1C[C@H](OC[C@H]2O[C@H](OC[C@H]3O[C@H](OCC(C)C)[C@H](OCC(C)C)[C@@H](OCC(C)C)[C@@H]3OCC(C)C)[C@H](OCC(C)C)[C@@H](OCC(C)C)[C@@H]2OCC(C)C)[C@H](OCC(C)C)[C@@H](OCC(C)C)[C@@H]1OCC(C)C. The fraction of sp³-hybridized carbons (Fsp3) is 1.00. The molecule has 2 saturated heterocycles. The molecule has 1 aliphatic carbocycles. The molecule has 0 radical (unpaired) electrons. The summed E-state index contributed by atoms with van der Waals surface area (Å²) in [4.78, 5) is 0. The predicted octanol–water partition coefficient (Wildman–Crippen LogP) is 11.6. The summed E-state index contributed by atoms with van der Waals surface area (Å²) in [5, 5.41) is 0. The van der Waals surface area contributed by atoms with Crippen molar-refractivity contribution in [2.45, 2.75) is 245 Å². The zero-order valence-corrected chi connectivity index (χ0v) is 53.7. The van der Waals surface area contributed by atoms with Gasteiger partial charge in [0.1, 0.15) is 61.0 Å². The Morgan fingerprint density at radius 2 is 0.526 bits per heavy atom. The quantitative estimate of drug-likeness (QED) is 0.0575. The summed E-state index contributed by atoms with van der Waals surface area (Å²) >= 11 is 0. The molecule has 0 aromatic heterocycles. The first-order valence-corrected chi connectivity index (χ1v) is 31.0. The third-order valence-corrected chi connectivity index (χ3v) is 13.1. The fourth-order valence-corrected chi connectivity index (χ4v) is 9.49. The van der Waals surface area contributed by atoms with Crippen LogP contribution in [0.4, 0.5) is 0 Å². The molecule has 0 bridgehead atoms. The van der Waals surface area contributed by atoms with E-state index in [1.165, 1.54) is 0 Å². The molecule has 2 aliphatic heterocycles. The molecule has 0 spiro atoms. The van der Waals surface area contributed by atoms with E-state index in [0.717, 1.165) is 0 Å². The molecule has 2 heterocycles. The zero-order valence-electron chi connectivity index (χ0n) is 53.7. The van der Waals surface area contributed by atoms with E-state index in [1.54, 1.807) is 0 Å². The van der Waals surface area contributed by atoms with Gasteiger partial charge in [0.25, 0.3) is 0 Å². The Hall–Kier alpha value is -0.600. The van der Waals surface area contributed by atoms with Crippen molar-refractivity contribution >= 4 is 0 Å². The summed E-state index contributed by atoms with van der Waals surface area (Å²) in [6.07, 6.45) is -7.20. The first-order chi connectivity index (χ1) is 36.8. The van der Waals surface area contributed by atoms with Gasteiger partial charge in [0.15, 0.2) is 12.6 Å². The topological polar surface area (TPSA) is 138 Å². The Morgan fingerprint density at radius 3 is 0.885 bits per heavy atom. The maximum atomic E-state index is 7.30. The van der Waals surface area contributed by atoms with Crippen LogP contribution in [0.1, 0.15) is 159 Å². The molecule has 0 amide bonds. The molecule has 15 nitrogen and oxygen atoms in total. The lowest BCUT2D eigenvalue weighted by Crippen LogP contribution is -2.65. The normalized spacial score (nSPS) is 30.5. The van der Waals surface area contributed by atoms with Gasteiger partial charge in [-0.3, -0.25) is 0 Å². The Bertz CT molecular complexity index is 1490. The van der Waals surface area contributed by atoms with Crippen molar-refractivity contribution < 1.29 is 71.1 Å². The molecule has 0 unspecified atom stereocenters. The molecular formula is C63H122O15. The Kier molecular flexibility index (Phi) is 34.6. The van der Waals surface area contributed by atoms with E-state index in [4.69, 9.17) is 71.1 Å². The number of hydrogen-bond donors (Lipinski definition) is 0. The smallest absolute Gasteiger partial charge is 0.187 e. The van der Waals surface area contributed by atoms with Crippen LogP contribution >= 0.6 is 0 Å². The van der Waals surface area contributed by atoms with E-state index >= 15 is 0 Å². The minimum absolute atomic E-state index is 0.0192. The average molecular weight is 1120 g/mol. The maximum Gasteiger partial charge on any atom is 0.187 e. The maximum absolute atomic E-state index is 7.30. The van der Waals surface area contributed by atoms with Gasteiger partial charge < -0.3 is 71.1 Å². The number of rotatable bonds is 40. The molecule has 0 N–H and O–H groups in total. The van der Waals surface area contributed by atoms with Crippen LogP contribution in [0.5, 0.6) is 0 Å². The Balaban J connectivity index is 2.21. The van der Waals surface area contributed by atoms with Gasteiger partial charge in [-0.05, 0) is 71.5 Å². The van der Waals surface area contributed by atoms with Gasteiger partial charge in [-0.1, -0.05) is 152 Å². The highest BCUT2D eigenvalue weighted by Crippen LogP contribution is 2.38. The molecule has 3 rings (SSSR count). The van der Waals surface area contributed by atoms with Gasteiger partial charge in [0, 0.05) is 72.0 Å². The van der Waals surface area contributed by atoms with E-state index < -0.39 is 79.7 Å². The molecule has 78 heavy (non-hydrogen) atoms. The van der Waals surface area contributed by atoms with E-state index in [-0.39, 0.29) is 72.6 Å². The lowest BCUT2D eigenvalue weighted by Gasteiger charge is -2.49. The summed E-state index contributed by atoms with van der Waals surface area (Å²) in [6.45, 7) is 54.0. The van der Waals surface area contributed by atoms with Gasteiger partial charge in [0.05, 0.1) is 38.6 Å². The molecular weight excluding hydrogens is 997 g/mol. The minimum atomic E-state index is -0.921. The van der Waals surface area contributed by atoms with E-state index in [0.29, 0.717) is 103 Å². The number of hydrogen-bond acceptors (Lipinski definition) is 15. The third kappa shape index (κ3) is 26.5. The highest BCUT2D eigenvalue weighted by atomic mass is 16.8. The summed E-state index contributed by atoms with van der Waals surface area (Å²) in [5.41, 5.74) is 0. The van der Waals surface area contributed by atoms with Crippen LogP contribution in [0, 0.1) is 71.0 Å². The van der Waals surface area contributed by atoms with Crippen molar-refractivity contribution in [1.82, 2.24) is 0 Å². The van der Waals surface area contributed by atoms with Crippen LogP contribution in [-0.2, 0) is 71.1 Å². The highest BCUT2D eigenvalue weighted by Gasteiger charge is 2.54. The monoisotopic (exact) mass is 1120 g/mol. The largest absolute Gasteiger partial charge is 0.381 e. The fourth-order valence-electron chi connectivity index (χ4n) is 9.49. The Labute approximate surface area is 477 Å². The summed E-state index contributed by atoms with van der Waals surface area (Å²) < 4.78 is 104. The first-order valence-electron chi connectivity index (χ1n) is 31.0. The van der Waals surface area contributed by atoms with Crippen molar-refractivity contribution in [2.75, 3.05) is 92.5 Å². The molecule has 464 valence electrons. The first kappa shape index (κ1) is 71.7. The highest BCUT2D eigenvalue weighted by molar-refractivity contribution is 4.99. The molecule has 0 aromatic rings. The van der Waals surface area contributed by atoms with Gasteiger partial charge in [-0.25, -0.2) is 0 Å². The van der Waals surface area contributed by atoms with E-state index in [1.807, 2.05) is 0 Å². The van der Waals surface area contributed by atoms with Gasteiger partial charge in [-0.15, -0.1) is 0 Å². The molecule has 1 saturated carbocycles. The standard InChI is InChI=1S/C63H122O15/c1-38(2)24-64-35-49-23-50(54(67-26-40(5)6)57(70-29-43(11)12)53(49)66-25-39(3)4)65-36-51-55(68-27-41(7)8)58(71-30-44(13)14)61(74-33-47(19)20)63(77-51)76-37-52-56(69-28-42(9)10)59(72-31-45(15)16)60(73-32-46(17)18)62(78-52)75-34-48(21)22/h38-63H,23-37H2,1-22H3/t49-,50+,51-,52-,53-,54+,55-,56-,57+,58+,59+,60-,61-,62+,63+/m1/s1. The van der Waals surface area contributed by atoms with Crippen LogP contribution in [0.2, 0.25) is 0 Å². The van der Waals surface area contributed by atoms with Crippen molar-refractivity contribution in [3.63, 3.8) is 0 Å². The molecule has 3 aliphatic rings. The summed E-state index contributed by atoms with van der Waals surface area (Å²) in [6, 6.07) is 0.